The number of anilines is 2. The minimum Gasteiger partial charge on any atom is -0.409 e. The van der Waals surface area contributed by atoms with Gasteiger partial charge in [-0.2, -0.15) is 0 Å². The van der Waals surface area contributed by atoms with Gasteiger partial charge in [0.05, 0.1) is 5.69 Å². The van der Waals surface area contributed by atoms with E-state index in [4.69, 9.17) is 10.9 Å². The smallest absolute Gasteiger partial charge is 0.170 e. The van der Waals surface area contributed by atoms with Crippen molar-refractivity contribution in [2.24, 2.45) is 10.9 Å². The number of nitrogens with two attached hydrogens (primary N) is 1. The molecular weight excluding hydrogens is 318 g/mol. The first kappa shape index (κ1) is 14.4. The van der Waals surface area contributed by atoms with Gasteiger partial charge < -0.3 is 15.8 Å². The highest BCUT2D eigenvalue weighted by molar-refractivity contribution is 9.10. The number of rotatable bonds is 3. The van der Waals surface area contributed by atoms with Gasteiger partial charge in [0.15, 0.2) is 5.84 Å². The molecule has 0 bridgehead atoms. The van der Waals surface area contributed by atoms with Crippen LogP contribution in [0.3, 0.4) is 0 Å². The number of benzene rings is 2. The Morgan fingerprint density at radius 1 is 1.20 bits per heavy atom. The highest BCUT2D eigenvalue weighted by atomic mass is 79.9. The van der Waals surface area contributed by atoms with Crippen molar-refractivity contribution in [3.05, 3.63) is 58.1 Å². The summed E-state index contributed by atoms with van der Waals surface area (Å²) in [6, 6.07) is 13.8. The maximum atomic E-state index is 8.71. The molecule has 0 aliphatic rings. The van der Waals surface area contributed by atoms with Crippen molar-refractivity contribution in [2.75, 3.05) is 11.9 Å². The maximum Gasteiger partial charge on any atom is 0.170 e. The molecule has 0 radical (unpaired) electrons. The molecule has 0 saturated heterocycles. The zero-order valence-corrected chi connectivity index (χ0v) is 12.9. The van der Waals surface area contributed by atoms with Crippen molar-refractivity contribution in [3.8, 4) is 0 Å². The van der Waals surface area contributed by atoms with Crippen molar-refractivity contribution < 1.29 is 5.21 Å². The summed E-state index contributed by atoms with van der Waals surface area (Å²) in [4.78, 5) is 2.09. The normalized spacial score (nSPS) is 11.4. The van der Waals surface area contributed by atoms with E-state index in [1.807, 2.05) is 37.4 Å². The first-order valence-corrected chi connectivity index (χ1v) is 6.90. The lowest BCUT2D eigenvalue weighted by Crippen LogP contribution is -2.15. The van der Waals surface area contributed by atoms with Crippen LogP contribution in [0.25, 0.3) is 0 Å². The Balaban J connectivity index is 2.41. The summed E-state index contributed by atoms with van der Waals surface area (Å²) in [5.41, 5.74) is 9.59. The van der Waals surface area contributed by atoms with E-state index in [2.05, 4.69) is 45.0 Å². The summed E-state index contributed by atoms with van der Waals surface area (Å²) < 4.78 is 0.882. The van der Waals surface area contributed by atoms with Gasteiger partial charge in [-0.3, -0.25) is 0 Å². The molecule has 0 atom stereocenters. The molecule has 0 aromatic heterocycles. The molecule has 0 saturated carbocycles. The quantitative estimate of drug-likeness (QED) is 0.390. The number of oxime groups is 1. The molecule has 20 heavy (non-hydrogen) atoms. The molecule has 0 heterocycles. The second kappa shape index (κ2) is 5.96. The molecule has 0 amide bonds. The average molecular weight is 334 g/mol. The van der Waals surface area contributed by atoms with E-state index in [1.165, 1.54) is 5.56 Å². The molecule has 0 fully saturated rings. The Labute approximate surface area is 126 Å². The Morgan fingerprint density at radius 2 is 1.90 bits per heavy atom. The van der Waals surface area contributed by atoms with E-state index in [0.29, 0.717) is 5.56 Å². The summed E-state index contributed by atoms with van der Waals surface area (Å²) in [6.07, 6.45) is 0. The maximum absolute atomic E-state index is 8.71. The summed E-state index contributed by atoms with van der Waals surface area (Å²) in [6.45, 7) is 2.07. The molecule has 0 aliphatic carbocycles. The van der Waals surface area contributed by atoms with Crippen molar-refractivity contribution in [2.45, 2.75) is 6.92 Å². The van der Waals surface area contributed by atoms with E-state index in [-0.39, 0.29) is 5.84 Å². The van der Waals surface area contributed by atoms with Crippen LogP contribution in [0.1, 0.15) is 11.1 Å². The Kier molecular flexibility index (Phi) is 4.29. The van der Waals surface area contributed by atoms with Gasteiger partial charge in [-0.15, -0.1) is 0 Å². The van der Waals surface area contributed by atoms with Crippen LogP contribution in [-0.4, -0.2) is 18.1 Å². The van der Waals surface area contributed by atoms with Gasteiger partial charge in [0.2, 0.25) is 0 Å². The van der Waals surface area contributed by atoms with Crippen LogP contribution in [-0.2, 0) is 0 Å². The molecule has 0 spiro atoms. The van der Waals surface area contributed by atoms with Gasteiger partial charge >= 0.3 is 0 Å². The number of aryl methyl sites for hydroxylation is 1. The minimum atomic E-state index is 0.0933. The third kappa shape index (κ3) is 2.77. The predicted molar refractivity (Wildman–Crippen MR) is 85.9 cm³/mol. The Hall–Kier alpha value is -2.01. The highest BCUT2D eigenvalue weighted by Crippen LogP contribution is 2.33. The third-order valence-corrected chi connectivity index (χ3v) is 3.82. The van der Waals surface area contributed by atoms with Gasteiger partial charge in [0, 0.05) is 22.8 Å². The number of halogens is 1. The van der Waals surface area contributed by atoms with E-state index in [9.17, 15) is 0 Å². The lowest BCUT2D eigenvalue weighted by molar-refractivity contribution is 0.318. The number of amidine groups is 1. The lowest BCUT2D eigenvalue weighted by Gasteiger charge is -2.23. The molecule has 2 rings (SSSR count). The second-order valence-electron chi connectivity index (χ2n) is 4.50. The van der Waals surface area contributed by atoms with Crippen LogP contribution in [0.5, 0.6) is 0 Å². The molecule has 2 aromatic rings. The van der Waals surface area contributed by atoms with Crippen LogP contribution in [0.15, 0.2) is 52.1 Å². The van der Waals surface area contributed by atoms with Crippen LogP contribution in [0, 0.1) is 6.92 Å². The fraction of sp³-hybridized carbons (Fsp3) is 0.133. The van der Waals surface area contributed by atoms with Gasteiger partial charge in [0.1, 0.15) is 0 Å². The minimum absolute atomic E-state index is 0.0933. The van der Waals surface area contributed by atoms with Gasteiger partial charge in [0.25, 0.3) is 0 Å². The van der Waals surface area contributed by atoms with Crippen molar-refractivity contribution in [1.29, 1.82) is 0 Å². The summed E-state index contributed by atoms with van der Waals surface area (Å²) in [5.74, 6) is 0.0933. The molecule has 2 aromatic carbocycles. The van der Waals surface area contributed by atoms with Crippen molar-refractivity contribution in [1.82, 2.24) is 0 Å². The van der Waals surface area contributed by atoms with Crippen LogP contribution >= 0.6 is 15.9 Å². The lowest BCUT2D eigenvalue weighted by atomic mass is 10.1. The molecule has 104 valence electrons. The van der Waals surface area contributed by atoms with E-state index in [0.717, 1.165) is 15.8 Å². The van der Waals surface area contributed by atoms with Crippen molar-refractivity contribution in [3.63, 3.8) is 0 Å². The summed E-state index contributed by atoms with van der Waals surface area (Å²) in [7, 11) is 2.01. The monoisotopic (exact) mass is 333 g/mol. The fourth-order valence-electron chi connectivity index (χ4n) is 2.07. The van der Waals surface area contributed by atoms with Crippen molar-refractivity contribution >= 4 is 33.1 Å². The van der Waals surface area contributed by atoms with E-state index < -0.39 is 0 Å². The molecule has 3 N–H and O–H groups in total. The zero-order chi connectivity index (χ0) is 14.7. The highest BCUT2D eigenvalue weighted by Gasteiger charge is 2.11. The van der Waals surface area contributed by atoms with Gasteiger partial charge in [-0.1, -0.05) is 23.4 Å². The fourth-order valence-corrected chi connectivity index (χ4v) is 2.71. The molecular formula is C15H16BrN3O. The zero-order valence-electron chi connectivity index (χ0n) is 11.3. The Bertz CT molecular complexity index is 655. The van der Waals surface area contributed by atoms with Gasteiger partial charge in [-0.25, -0.2) is 0 Å². The number of hydrogen-bond donors (Lipinski definition) is 2. The number of hydrogen-bond acceptors (Lipinski definition) is 3. The van der Waals surface area contributed by atoms with Crippen LogP contribution in [0.2, 0.25) is 0 Å². The first-order chi connectivity index (χ1) is 9.54. The van der Waals surface area contributed by atoms with E-state index in [1.54, 1.807) is 0 Å². The number of para-hydroxylation sites is 1. The second-order valence-corrected chi connectivity index (χ2v) is 5.35. The number of nitrogens with zero attached hydrogens (tertiary/aromatic N) is 2. The average Bonchev–Trinajstić information content (AvgIpc) is 2.46. The van der Waals surface area contributed by atoms with E-state index >= 15 is 0 Å². The molecule has 4 nitrogen and oxygen atoms in total. The first-order valence-electron chi connectivity index (χ1n) is 6.11. The third-order valence-electron chi connectivity index (χ3n) is 3.19. The van der Waals surface area contributed by atoms with Gasteiger partial charge in [-0.05, 0) is 52.7 Å². The largest absolute Gasteiger partial charge is 0.409 e. The standard InChI is InChI=1S/C15H16BrN3O/c1-10-5-3-4-6-13(10)19(2)14-8-7-11(9-12(14)16)15(17)18-20/h3-9,20H,1-2H3,(H2,17,18). The molecule has 0 aliphatic heterocycles. The summed E-state index contributed by atoms with van der Waals surface area (Å²) in [5, 5.41) is 11.7. The predicted octanol–water partition coefficient (Wildman–Crippen LogP) is 3.62. The summed E-state index contributed by atoms with van der Waals surface area (Å²) >= 11 is 3.53. The SMILES string of the molecule is Cc1ccccc1N(C)c1ccc(/C(N)=N/O)cc1Br. The molecule has 5 heteroatoms. The molecule has 0 unspecified atom stereocenters. The Morgan fingerprint density at radius 3 is 2.50 bits per heavy atom. The topological polar surface area (TPSA) is 61.8 Å². The van der Waals surface area contributed by atoms with Crippen LogP contribution in [0.4, 0.5) is 11.4 Å². The van der Waals surface area contributed by atoms with Crippen LogP contribution < -0.4 is 10.6 Å².